The minimum Gasteiger partial charge on any atom is -0.493 e. The first kappa shape index (κ1) is 20.5. The average Bonchev–Trinajstić information content (AvgIpc) is 2.74. The molecule has 1 N–H and O–H groups in total. The van der Waals surface area contributed by atoms with E-state index in [1.165, 1.54) is 26.4 Å². The topological polar surface area (TPSA) is 90.0 Å². The van der Waals surface area contributed by atoms with Crippen molar-refractivity contribution in [3.05, 3.63) is 48.3 Å². The molecule has 1 saturated heterocycles. The second-order valence-electron chi connectivity index (χ2n) is 6.32. The number of morpholine rings is 1. The summed E-state index contributed by atoms with van der Waals surface area (Å²) in [6, 6.07) is 8.21. The van der Waals surface area contributed by atoms with E-state index in [0.29, 0.717) is 24.7 Å². The Bertz CT molecular complexity index is 870. The summed E-state index contributed by atoms with van der Waals surface area (Å²) < 4.78 is 44.2. The molecule has 1 atom stereocenters. The number of nitrogens with one attached hydrogen (secondary N) is 1. The summed E-state index contributed by atoms with van der Waals surface area (Å²) in [6.07, 6.45) is 3.47. The van der Waals surface area contributed by atoms with Crippen LogP contribution in [0.3, 0.4) is 0 Å². The fraction of sp³-hybridized carbons (Fsp3) is 0.421. The summed E-state index contributed by atoms with van der Waals surface area (Å²) in [7, 11) is -0.748. The minimum atomic E-state index is -3.72. The molecule has 0 amide bonds. The van der Waals surface area contributed by atoms with Gasteiger partial charge in [-0.25, -0.2) is 13.1 Å². The summed E-state index contributed by atoms with van der Waals surface area (Å²) in [5.74, 6) is 0.838. The molecule has 0 bridgehead atoms. The number of sulfonamides is 1. The van der Waals surface area contributed by atoms with Crippen LogP contribution in [0.1, 0.15) is 11.6 Å². The third-order valence-corrected chi connectivity index (χ3v) is 6.11. The smallest absolute Gasteiger partial charge is 0.240 e. The quantitative estimate of drug-likeness (QED) is 0.708. The molecule has 1 aliphatic heterocycles. The molecule has 8 nitrogen and oxygen atoms in total. The second-order valence-corrected chi connectivity index (χ2v) is 8.09. The maximum atomic E-state index is 12.9. The number of aromatic nitrogens is 1. The van der Waals surface area contributed by atoms with E-state index < -0.39 is 10.0 Å². The first-order chi connectivity index (χ1) is 13.5. The number of rotatable bonds is 8. The van der Waals surface area contributed by atoms with E-state index in [-0.39, 0.29) is 17.5 Å². The molecule has 1 aromatic carbocycles. The Morgan fingerprint density at radius 3 is 2.57 bits per heavy atom. The van der Waals surface area contributed by atoms with Crippen molar-refractivity contribution in [1.29, 1.82) is 0 Å². The normalized spacial score (nSPS) is 16.5. The zero-order valence-electron chi connectivity index (χ0n) is 16.0. The maximum Gasteiger partial charge on any atom is 0.240 e. The average molecular weight is 407 g/mol. The Hall–Kier alpha value is -2.20. The van der Waals surface area contributed by atoms with Crippen molar-refractivity contribution >= 4 is 10.0 Å². The second kappa shape index (κ2) is 9.33. The molecule has 2 heterocycles. The Morgan fingerprint density at radius 2 is 1.93 bits per heavy atom. The number of methoxy groups -OCH3 is 2. The molecule has 1 fully saturated rings. The van der Waals surface area contributed by atoms with E-state index in [9.17, 15) is 8.42 Å². The summed E-state index contributed by atoms with van der Waals surface area (Å²) in [6.45, 7) is 2.94. The van der Waals surface area contributed by atoms with E-state index in [2.05, 4.69) is 14.6 Å². The molecule has 2 aromatic rings. The van der Waals surface area contributed by atoms with Gasteiger partial charge in [-0.2, -0.15) is 0 Å². The molecule has 3 rings (SSSR count). The van der Waals surface area contributed by atoms with E-state index in [4.69, 9.17) is 14.2 Å². The van der Waals surface area contributed by atoms with Crippen LogP contribution >= 0.6 is 0 Å². The van der Waals surface area contributed by atoms with Gasteiger partial charge >= 0.3 is 0 Å². The molecule has 1 aliphatic rings. The first-order valence-corrected chi connectivity index (χ1v) is 10.5. The van der Waals surface area contributed by atoms with Crippen LogP contribution in [0, 0.1) is 0 Å². The van der Waals surface area contributed by atoms with Crippen molar-refractivity contribution in [2.45, 2.75) is 10.9 Å². The summed E-state index contributed by atoms with van der Waals surface area (Å²) >= 11 is 0. The van der Waals surface area contributed by atoms with Gasteiger partial charge in [0.2, 0.25) is 10.0 Å². The van der Waals surface area contributed by atoms with Crippen LogP contribution in [0.2, 0.25) is 0 Å². The van der Waals surface area contributed by atoms with Crippen LogP contribution < -0.4 is 14.2 Å². The van der Waals surface area contributed by atoms with Gasteiger partial charge in [0, 0.05) is 38.1 Å². The maximum absolute atomic E-state index is 12.9. The Balaban J connectivity index is 1.80. The Morgan fingerprint density at radius 1 is 1.18 bits per heavy atom. The predicted octanol–water partition coefficient (Wildman–Crippen LogP) is 1.45. The predicted molar refractivity (Wildman–Crippen MR) is 104 cm³/mol. The van der Waals surface area contributed by atoms with Gasteiger partial charge in [-0.05, 0) is 23.8 Å². The van der Waals surface area contributed by atoms with E-state index >= 15 is 0 Å². The van der Waals surface area contributed by atoms with E-state index in [1.54, 1.807) is 18.5 Å². The lowest BCUT2D eigenvalue weighted by Crippen LogP contribution is -2.43. The van der Waals surface area contributed by atoms with Crippen molar-refractivity contribution in [3.63, 3.8) is 0 Å². The van der Waals surface area contributed by atoms with E-state index in [0.717, 1.165) is 18.7 Å². The van der Waals surface area contributed by atoms with Crippen LogP contribution in [0.4, 0.5) is 0 Å². The van der Waals surface area contributed by atoms with Crippen LogP contribution in [-0.2, 0) is 14.8 Å². The standard InChI is InChI=1S/C19H25N3O5S/c1-25-18-6-5-16(12-19(18)26-2)28(23,24)21-14-17(15-4-3-7-20-13-15)22-8-10-27-11-9-22/h3-7,12-13,17,21H,8-11,14H2,1-2H3/t17-/m1/s1. The number of pyridine rings is 1. The molecule has 0 aliphatic carbocycles. The number of ether oxygens (including phenoxy) is 3. The molecule has 1 aromatic heterocycles. The molecule has 152 valence electrons. The van der Waals surface area contributed by atoms with Crippen molar-refractivity contribution in [2.75, 3.05) is 47.1 Å². The zero-order valence-corrected chi connectivity index (χ0v) is 16.8. The van der Waals surface area contributed by atoms with Crippen molar-refractivity contribution in [1.82, 2.24) is 14.6 Å². The molecule has 0 unspecified atom stereocenters. The molecule has 9 heteroatoms. The number of hydrogen-bond donors (Lipinski definition) is 1. The fourth-order valence-electron chi connectivity index (χ4n) is 3.18. The van der Waals surface area contributed by atoms with Crippen LogP contribution in [0.5, 0.6) is 11.5 Å². The van der Waals surface area contributed by atoms with Crippen molar-refractivity contribution < 1.29 is 22.6 Å². The number of benzene rings is 1. The van der Waals surface area contributed by atoms with Gasteiger partial charge in [0.15, 0.2) is 11.5 Å². The summed E-state index contributed by atoms with van der Waals surface area (Å²) in [5, 5.41) is 0. The fourth-order valence-corrected chi connectivity index (χ4v) is 4.23. The zero-order chi connectivity index (χ0) is 20.0. The van der Waals surface area contributed by atoms with E-state index in [1.807, 2.05) is 12.1 Å². The van der Waals surface area contributed by atoms with Crippen LogP contribution in [0.15, 0.2) is 47.6 Å². The Kier molecular flexibility index (Phi) is 6.84. The highest BCUT2D eigenvalue weighted by atomic mass is 32.2. The van der Waals surface area contributed by atoms with Crippen molar-refractivity contribution in [3.8, 4) is 11.5 Å². The third-order valence-electron chi connectivity index (χ3n) is 4.69. The van der Waals surface area contributed by atoms with Gasteiger partial charge in [0.05, 0.1) is 38.4 Å². The molecular formula is C19H25N3O5S. The van der Waals surface area contributed by atoms with Crippen LogP contribution in [0.25, 0.3) is 0 Å². The minimum absolute atomic E-state index is 0.122. The van der Waals surface area contributed by atoms with Gasteiger partial charge in [-0.1, -0.05) is 6.07 Å². The lowest BCUT2D eigenvalue weighted by molar-refractivity contribution is 0.0171. The molecule has 0 saturated carbocycles. The van der Waals surface area contributed by atoms with Gasteiger partial charge in [-0.15, -0.1) is 0 Å². The lowest BCUT2D eigenvalue weighted by Gasteiger charge is -2.34. The molecule has 0 radical (unpaired) electrons. The van der Waals surface area contributed by atoms with Gasteiger partial charge < -0.3 is 14.2 Å². The largest absolute Gasteiger partial charge is 0.493 e. The highest BCUT2D eigenvalue weighted by Crippen LogP contribution is 2.29. The van der Waals surface area contributed by atoms with Crippen molar-refractivity contribution in [2.24, 2.45) is 0 Å². The van der Waals surface area contributed by atoms with Gasteiger partial charge in [0.25, 0.3) is 0 Å². The SMILES string of the molecule is COc1ccc(S(=O)(=O)NC[C@H](c2cccnc2)N2CCOCC2)cc1OC. The van der Waals surface area contributed by atoms with Gasteiger partial charge in [0.1, 0.15) is 0 Å². The third kappa shape index (κ3) is 4.79. The first-order valence-electron chi connectivity index (χ1n) is 8.98. The Labute approximate surface area is 165 Å². The summed E-state index contributed by atoms with van der Waals surface area (Å²) in [5.41, 5.74) is 0.958. The molecule has 0 spiro atoms. The molecular weight excluding hydrogens is 382 g/mol. The highest BCUT2D eigenvalue weighted by Gasteiger charge is 2.25. The van der Waals surface area contributed by atoms with Gasteiger partial charge in [-0.3, -0.25) is 9.88 Å². The monoisotopic (exact) mass is 407 g/mol. The molecule has 28 heavy (non-hydrogen) atoms. The number of nitrogens with zero attached hydrogens (tertiary/aromatic N) is 2. The highest BCUT2D eigenvalue weighted by molar-refractivity contribution is 7.89. The number of hydrogen-bond acceptors (Lipinski definition) is 7. The summed E-state index contributed by atoms with van der Waals surface area (Å²) in [4.78, 5) is 6.51. The lowest BCUT2D eigenvalue weighted by atomic mass is 10.1. The van der Waals surface area contributed by atoms with Crippen LogP contribution in [-0.4, -0.2) is 65.4 Å².